The van der Waals surface area contributed by atoms with Gasteiger partial charge < -0.3 is 10.0 Å². The summed E-state index contributed by atoms with van der Waals surface area (Å²) in [6, 6.07) is 1.33. The van der Waals surface area contributed by atoms with E-state index in [9.17, 15) is 23.1 Å². The van der Waals surface area contributed by atoms with Crippen LogP contribution in [0.4, 0.5) is 0 Å². The van der Waals surface area contributed by atoms with Gasteiger partial charge in [0.05, 0.1) is 15.2 Å². The summed E-state index contributed by atoms with van der Waals surface area (Å²) in [6.07, 6.45) is 0.402. The monoisotopic (exact) mass is 360 g/mol. The number of carbonyl (C=O) groups excluding carboxylic acids is 1. The van der Waals surface area contributed by atoms with E-state index in [1.54, 1.807) is 0 Å². The Hall–Kier alpha value is -1.45. The Bertz CT molecular complexity index is 725. The van der Waals surface area contributed by atoms with E-state index in [-0.39, 0.29) is 23.3 Å². The minimum Gasteiger partial charge on any atom is -0.481 e. The van der Waals surface area contributed by atoms with E-state index in [0.29, 0.717) is 17.8 Å². The highest BCUT2D eigenvalue weighted by Gasteiger charge is 2.48. The van der Waals surface area contributed by atoms with Gasteiger partial charge in [-0.05, 0) is 25.5 Å². The molecular formula is C14H20N2O5S2. The van der Waals surface area contributed by atoms with Gasteiger partial charge in [-0.15, -0.1) is 11.3 Å². The van der Waals surface area contributed by atoms with E-state index in [0.717, 1.165) is 11.3 Å². The van der Waals surface area contributed by atoms with Gasteiger partial charge in [-0.2, -0.15) is 0 Å². The number of carboxylic acids is 1. The zero-order valence-corrected chi connectivity index (χ0v) is 14.8. The minimum atomic E-state index is -3.59. The van der Waals surface area contributed by atoms with Crippen LogP contribution in [0.2, 0.25) is 0 Å². The highest BCUT2D eigenvalue weighted by molar-refractivity contribution is 7.89. The molecule has 9 heteroatoms. The van der Waals surface area contributed by atoms with E-state index in [1.165, 1.54) is 23.4 Å². The molecular weight excluding hydrogens is 340 g/mol. The third-order valence-corrected chi connectivity index (χ3v) is 6.95. The van der Waals surface area contributed by atoms with Gasteiger partial charge in [-0.1, -0.05) is 13.8 Å². The summed E-state index contributed by atoms with van der Waals surface area (Å²) in [6.45, 7) is 4.18. The molecule has 2 N–H and O–H groups in total. The SMILES string of the molecule is CNS(=O)(=O)c1csc(C(=O)N2CCC(C(=O)O)(C(C)C)C2)c1. The number of sulfonamides is 1. The zero-order chi connectivity index (χ0) is 17.4. The number of hydrogen-bond acceptors (Lipinski definition) is 5. The number of carbonyl (C=O) groups is 2. The first-order valence-corrected chi connectivity index (χ1v) is 9.55. The molecule has 1 fully saturated rings. The molecule has 7 nitrogen and oxygen atoms in total. The molecule has 1 aromatic heterocycles. The standard InChI is InChI=1S/C14H20N2O5S2/c1-9(2)14(13(18)19)4-5-16(8-14)12(17)11-6-10(7-22-11)23(20,21)15-3/h6-7,9,15H,4-5,8H2,1-3H3,(H,18,19). The lowest BCUT2D eigenvalue weighted by Gasteiger charge is -2.28. The fourth-order valence-corrected chi connectivity index (χ4v) is 4.72. The number of likely N-dealkylation sites (tertiary alicyclic amines) is 1. The molecule has 1 unspecified atom stereocenters. The first kappa shape index (κ1) is 17.9. The highest BCUT2D eigenvalue weighted by Crippen LogP contribution is 2.39. The lowest BCUT2D eigenvalue weighted by molar-refractivity contribution is -0.150. The molecule has 0 aromatic carbocycles. The van der Waals surface area contributed by atoms with Gasteiger partial charge in [-0.25, -0.2) is 13.1 Å². The number of amides is 1. The predicted molar refractivity (Wildman–Crippen MR) is 86.0 cm³/mol. The van der Waals surface area contributed by atoms with Crippen LogP contribution in [-0.4, -0.2) is 50.4 Å². The minimum absolute atomic E-state index is 0.0425. The fraction of sp³-hybridized carbons (Fsp3) is 0.571. The molecule has 1 amide bonds. The second kappa shape index (κ2) is 6.21. The van der Waals surface area contributed by atoms with E-state index >= 15 is 0 Å². The van der Waals surface area contributed by atoms with Crippen LogP contribution >= 0.6 is 11.3 Å². The number of thiophene rings is 1. The number of rotatable bonds is 5. The van der Waals surface area contributed by atoms with E-state index in [4.69, 9.17) is 0 Å². The molecule has 1 atom stereocenters. The third-order valence-electron chi connectivity index (χ3n) is 4.48. The van der Waals surface area contributed by atoms with Gasteiger partial charge in [0, 0.05) is 18.5 Å². The molecule has 1 aromatic rings. The van der Waals surface area contributed by atoms with Crippen molar-refractivity contribution in [3.8, 4) is 0 Å². The van der Waals surface area contributed by atoms with Crippen molar-refractivity contribution in [2.75, 3.05) is 20.1 Å². The molecule has 1 aliphatic rings. The zero-order valence-electron chi connectivity index (χ0n) is 13.2. The average Bonchev–Trinajstić information content (AvgIpc) is 3.14. The molecule has 1 aliphatic heterocycles. The summed E-state index contributed by atoms with van der Waals surface area (Å²) >= 11 is 1.05. The molecule has 128 valence electrons. The second-order valence-corrected chi connectivity index (χ2v) is 8.74. The Kier molecular flexibility index (Phi) is 4.84. The van der Waals surface area contributed by atoms with Crippen molar-refractivity contribution in [1.29, 1.82) is 0 Å². The molecule has 0 radical (unpaired) electrons. The number of nitrogens with one attached hydrogen (secondary N) is 1. The highest BCUT2D eigenvalue weighted by atomic mass is 32.2. The van der Waals surface area contributed by atoms with E-state index < -0.39 is 21.4 Å². The van der Waals surface area contributed by atoms with E-state index in [1.807, 2.05) is 13.8 Å². The molecule has 0 spiro atoms. The topological polar surface area (TPSA) is 104 Å². The van der Waals surface area contributed by atoms with Crippen molar-refractivity contribution >= 4 is 33.2 Å². The van der Waals surface area contributed by atoms with Crippen LogP contribution in [0.1, 0.15) is 29.9 Å². The Balaban J connectivity index is 2.22. The summed E-state index contributed by atoms with van der Waals surface area (Å²) in [7, 11) is -2.28. The fourth-order valence-electron chi connectivity index (χ4n) is 2.74. The quantitative estimate of drug-likeness (QED) is 0.822. The summed E-state index contributed by atoms with van der Waals surface area (Å²) in [4.78, 5) is 26.0. The summed E-state index contributed by atoms with van der Waals surface area (Å²) in [5.41, 5.74) is -0.938. The summed E-state index contributed by atoms with van der Waals surface area (Å²) < 4.78 is 25.7. The number of aliphatic carboxylic acids is 1. The smallest absolute Gasteiger partial charge is 0.311 e. The van der Waals surface area contributed by atoms with Crippen LogP contribution in [0.25, 0.3) is 0 Å². The maximum Gasteiger partial charge on any atom is 0.311 e. The Labute approximate surface area is 139 Å². The van der Waals surface area contributed by atoms with Crippen LogP contribution in [0.5, 0.6) is 0 Å². The molecule has 23 heavy (non-hydrogen) atoms. The largest absolute Gasteiger partial charge is 0.481 e. The lowest BCUT2D eigenvalue weighted by Crippen LogP contribution is -2.40. The Morgan fingerprint density at radius 1 is 1.43 bits per heavy atom. The summed E-state index contributed by atoms with van der Waals surface area (Å²) in [5.74, 6) is -1.31. The van der Waals surface area contributed by atoms with Crippen LogP contribution in [0.3, 0.4) is 0 Å². The van der Waals surface area contributed by atoms with Gasteiger partial charge in [0.15, 0.2) is 0 Å². The van der Waals surface area contributed by atoms with Crippen molar-refractivity contribution < 1.29 is 23.1 Å². The molecule has 2 heterocycles. The van der Waals surface area contributed by atoms with Gasteiger partial charge in [-0.3, -0.25) is 9.59 Å². The molecule has 2 rings (SSSR count). The predicted octanol–water partition coefficient (Wildman–Crippen LogP) is 1.23. The maximum atomic E-state index is 12.5. The average molecular weight is 360 g/mol. The summed E-state index contributed by atoms with van der Waals surface area (Å²) in [5, 5.41) is 10.9. The van der Waals surface area contributed by atoms with Crippen molar-refractivity contribution in [2.24, 2.45) is 11.3 Å². The number of hydrogen-bond donors (Lipinski definition) is 2. The van der Waals surface area contributed by atoms with Crippen molar-refractivity contribution in [1.82, 2.24) is 9.62 Å². The van der Waals surface area contributed by atoms with Gasteiger partial charge >= 0.3 is 5.97 Å². The van der Waals surface area contributed by atoms with Crippen molar-refractivity contribution in [3.63, 3.8) is 0 Å². The number of nitrogens with zero attached hydrogens (tertiary/aromatic N) is 1. The first-order chi connectivity index (χ1) is 10.6. The van der Waals surface area contributed by atoms with Gasteiger partial charge in [0.1, 0.15) is 0 Å². The molecule has 0 bridgehead atoms. The van der Waals surface area contributed by atoms with Gasteiger partial charge in [0.25, 0.3) is 5.91 Å². The van der Waals surface area contributed by atoms with Crippen molar-refractivity contribution in [2.45, 2.75) is 25.2 Å². The lowest BCUT2D eigenvalue weighted by atomic mass is 9.76. The normalized spacial score (nSPS) is 21.8. The number of carboxylic acid groups (broad SMARTS) is 1. The van der Waals surface area contributed by atoms with Crippen LogP contribution in [-0.2, 0) is 14.8 Å². The second-order valence-electron chi connectivity index (χ2n) is 5.95. The van der Waals surface area contributed by atoms with Gasteiger partial charge in [0.2, 0.25) is 10.0 Å². The Morgan fingerprint density at radius 3 is 2.57 bits per heavy atom. The van der Waals surface area contributed by atoms with Crippen molar-refractivity contribution in [3.05, 3.63) is 16.3 Å². The van der Waals surface area contributed by atoms with Crippen LogP contribution in [0.15, 0.2) is 16.3 Å². The van der Waals surface area contributed by atoms with Crippen LogP contribution < -0.4 is 4.72 Å². The molecule has 0 saturated carbocycles. The van der Waals surface area contributed by atoms with Crippen LogP contribution in [0, 0.1) is 11.3 Å². The first-order valence-electron chi connectivity index (χ1n) is 7.19. The van der Waals surface area contributed by atoms with E-state index in [2.05, 4.69) is 4.72 Å². The third kappa shape index (κ3) is 3.13. The Morgan fingerprint density at radius 2 is 2.09 bits per heavy atom. The molecule has 0 aliphatic carbocycles. The molecule has 1 saturated heterocycles. The maximum absolute atomic E-state index is 12.5.